The van der Waals surface area contributed by atoms with E-state index >= 15 is 0 Å². The van der Waals surface area contributed by atoms with Gasteiger partial charge in [0.15, 0.2) is 5.84 Å². The Balaban J connectivity index is 2.05. The van der Waals surface area contributed by atoms with Crippen molar-refractivity contribution in [1.82, 2.24) is 5.06 Å². The van der Waals surface area contributed by atoms with Gasteiger partial charge in [-0.05, 0) is 31.5 Å². The molecule has 1 aliphatic heterocycles. The molecule has 0 radical (unpaired) electrons. The molecule has 4 nitrogen and oxygen atoms in total. The minimum atomic E-state index is -0.299. The average Bonchev–Trinajstić information content (AvgIpc) is 2.56. The van der Waals surface area contributed by atoms with Gasteiger partial charge in [0, 0.05) is 16.1 Å². The molecule has 24 heavy (non-hydrogen) atoms. The van der Waals surface area contributed by atoms with Crippen LogP contribution in [0.15, 0.2) is 52.7 Å². The molecule has 2 aromatic carbocycles. The van der Waals surface area contributed by atoms with E-state index in [1.54, 1.807) is 18.2 Å². The number of rotatable bonds is 3. The van der Waals surface area contributed by atoms with E-state index in [1.807, 2.05) is 38.1 Å². The normalized spacial score (nSPS) is 17.5. The van der Waals surface area contributed by atoms with Gasteiger partial charge >= 0.3 is 0 Å². The summed E-state index contributed by atoms with van der Waals surface area (Å²) in [6.07, 6.45) is 0.674. The van der Waals surface area contributed by atoms with Crippen LogP contribution in [0.3, 0.4) is 0 Å². The van der Waals surface area contributed by atoms with Gasteiger partial charge in [-0.2, -0.15) is 5.10 Å². The number of hydrogen-bond acceptors (Lipinski definition) is 4. The summed E-state index contributed by atoms with van der Waals surface area (Å²) in [7, 11) is 0. The van der Waals surface area contributed by atoms with Crippen molar-refractivity contribution >= 4 is 34.7 Å². The van der Waals surface area contributed by atoms with Crippen molar-refractivity contribution in [2.45, 2.75) is 26.3 Å². The summed E-state index contributed by atoms with van der Waals surface area (Å²) in [6.45, 7) is 4.02. The molecule has 1 N–H and O–H groups in total. The number of benzene rings is 2. The van der Waals surface area contributed by atoms with Gasteiger partial charge in [0.2, 0.25) is 0 Å². The fourth-order valence-electron chi connectivity index (χ4n) is 2.67. The molecule has 0 fully saturated rings. The molecule has 0 bridgehead atoms. The highest BCUT2D eigenvalue weighted by Gasteiger charge is 2.30. The summed E-state index contributed by atoms with van der Waals surface area (Å²) in [5, 5.41) is 21.3. The molecule has 0 saturated carbocycles. The molecular formula is C18H17Cl2N3O. The Kier molecular flexibility index (Phi) is 4.90. The third-order valence-electron chi connectivity index (χ3n) is 3.99. The number of amidine groups is 1. The van der Waals surface area contributed by atoms with Gasteiger partial charge in [-0.15, -0.1) is 5.10 Å². The van der Waals surface area contributed by atoms with Crippen LogP contribution in [0.1, 0.15) is 30.0 Å². The summed E-state index contributed by atoms with van der Waals surface area (Å²) in [5.41, 5.74) is 3.43. The van der Waals surface area contributed by atoms with E-state index in [0.29, 0.717) is 27.9 Å². The van der Waals surface area contributed by atoms with Gasteiger partial charge in [-0.1, -0.05) is 60.0 Å². The molecule has 1 atom stereocenters. The van der Waals surface area contributed by atoms with Crippen LogP contribution in [0.25, 0.3) is 0 Å². The Morgan fingerprint density at radius 2 is 1.79 bits per heavy atom. The summed E-state index contributed by atoms with van der Waals surface area (Å²) in [6, 6.07) is 12.8. The highest BCUT2D eigenvalue weighted by Crippen LogP contribution is 2.26. The molecule has 1 unspecified atom stereocenters. The van der Waals surface area contributed by atoms with E-state index in [1.165, 1.54) is 5.56 Å². The number of nitrogens with zero attached hydrogens (tertiary/aromatic N) is 3. The molecule has 2 aromatic rings. The smallest absolute Gasteiger partial charge is 0.184 e. The maximum atomic E-state index is 10.7. The number of hydrogen-bond donors (Lipinski definition) is 1. The average molecular weight is 362 g/mol. The Morgan fingerprint density at radius 3 is 2.42 bits per heavy atom. The summed E-state index contributed by atoms with van der Waals surface area (Å²) >= 11 is 12.2. The second-order valence-electron chi connectivity index (χ2n) is 5.67. The minimum Gasteiger partial charge on any atom is -0.286 e. The van der Waals surface area contributed by atoms with Crippen LogP contribution >= 0.6 is 23.2 Å². The Hall–Kier alpha value is -1.88. The third kappa shape index (κ3) is 3.18. The first-order valence-corrected chi connectivity index (χ1v) is 8.43. The highest BCUT2D eigenvalue weighted by molar-refractivity contribution is 6.37. The molecule has 0 aliphatic carbocycles. The van der Waals surface area contributed by atoms with Crippen molar-refractivity contribution in [1.29, 1.82) is 0 Å². The summed E-state index contributed by atoms with van der Waals surface area (Å²) in [5.74, 6) is 0.319. The zero-order chi connectivity index (χ0) is 17.3. The van der Waals surface area contributed by atoms with E-state index < -0.39 is 0 Å². The molecule has 0 spiro atoms. The lowest BCUT2D eigenvalue weighted by Gasteiger charge is -2.31. The first kappa shape index (κ1) is 17.0. The lowest BCUT2D eigenvalue weighted by molar-refractivity contribution is -0.0344. The maximum Gasteiger partial charge on any atom is 0.184 e. The maximum absolute atomic E-state index is 10.7. The van der Waals surface area contributed by atoms with Gasteiger partial charge in [0.1, 0.15) is 6.04 Å². The fraction of sp³-hybridized carbons (Fsp3) is 0.222. The Labute approximate surface area is 151 Å². The first-order chi connectivity index (χ1) is 11.5. The minimum absolute atomic E-state index is 0.299. The largest absolute Gasteiger partial charge is 0.286 e. The highest BCUT2D eigenvalue weighted by atomic mass is 35.5. The lowest BCUT2D eigenvalue weighted by Crippen LogP contribution is -2.45. The molecule has 0 aromatic heterocycles. The molecular weight excluding hydrogens is 345 g/mol. The predicted octanol–water partition coefficient (Wildman–Crippen LogP) is 4.94. The van der Waals surface area contributed by atoms with E-state index in [-0.39, 0.29) is 6.04 Å². The summed E-state index contributed by atoms with van der Waals surface area (Å²) in [4.78, 5) is 0. The van der Waals surface area contributed by atoms with E-state index in [4.69, 9.17) is 23.2 Å². The molecule has 3 rings (SSSR count). The summed E-state index contributed by atoms with van der Waals surface area (Å²) < 4.78 is 0. The van der Waals surface area contributed by atoms with E-state index in [0.717, 1.165) is 16.3 Å². The quantitative estimate of drug-likeness (QED) is 0.841. The monoisotopic (exact) mass is 361 g/mol. The Morgan fingerprint density at radius 1 is 1.08 bits per heavy atom. The fourth-order valence-corrected chi connectivity index (χ4v) is 3.16. The van der Waals surface area contributed by atoms with Crippen LogP contribution in [0.4, 0.5) is 0 Å². The van der Waals surface area contributed by atoms with Crippen LogP contribution in [-0.2, 0) is 0 Å². The van der Waals surface area contributed by atoms with Gasteiger partial charge < -0.3 is 0 Å². The molecule has 124 valence electrons. The second-order valence-corrected chi connectivity index (χ2v) is 6.51. The topological polar surface area (TPSA) is 48.2 Å². The lowest BCUT2D eigenvalue weighted by atomic mass is 9.98. The Bertz CT molecular complexity index is 816. The molecule has 0 saturated heterocycles. The molecule has 6 heteroatoms. The molecule has 1 aliphatic rings. The van der Waals surface area contributed by atoms with E-state index in [2.05, 4.69) is 10.2 Å². The van der Waals surface area contributed by atoms with Gasteiger partial charge in [0.25, 0.3) is 0 Å². The second kappa shape index (κ2) is 6.93. The van der Waals surface area contributed by atoms with Crippen LogP contribution in [0.5, 0.6) is 0 Å². The molecule has 0 amide bonds. The van der Waals surface area contributed by atoms with Crippen molar-refractivity contribution in [3.05, 3.63) is 69.2 Å². The number of hydroxylamine groups is 2. The van der Waals surface area contributed by atoms with Gasteiger partial charge in [-0.25, -0.2) is 5.06 Å². The van der Waals surface area contributed by atoms with Crippen molar-refractivity contribution in [2.75, 3.05) is 0 Å². The molecule has 1 heterocycles. The van der Waals surface area contributed by atoms with Crippen molar-refractivity contribution in [2.24, 2.45) is 10.2 Å². The zero-order valence-corrected chi connectivity index (χ0v) is 14.9. The van der Waals surface area contributed by atoms with Crippen LogP contribution in [-0.4, -0.2) is 27.9 Å². The van der Waals surface area contributed by atoms with Gasteiger partial charge in [0.05, 0.1) is 10.7 Å². The number of aryl methyl sites for hydroxylation is 1. The van der Waals surface area contributed by atoms with Crippen molar-refractivity contribution in [3.8, 4) is 0 Å². The van der Waals surface area contributed by atoms with Crippen molar-refractivity contribution in [3.63, 3.8) is 0 Å². The zero-order valence-electron chi connectivity index (χ0n) is 13.4. The standard InChI is InChI=1S/C18H17Cl2N3O/c1-3-16-17(12-6-4-11(2)5-7-12)21-22-18(23(16)24)14-9-8-13(19)10-15(14)20/h4-10,16,24H,3H2,1-2H3. The predicted molar refractivity (Wildman–Crippen MR) is 98.4 cm³/mol. The SMILES string of the molecule is CCC1C(c2ccc(C)cc2)=NN=C(c2ccc(Cl)cc2Cl)N1O. The van der Waals surface area contributed by atoms with Crippen LogP contribution in [0, 0.1) is 6.92 Å². The van der Waals surface area contributed by atoms with Gasteiger partial charge in [-0.3, -0.25) is 5.21 Å². The van der Waals surface area contributed by atoms with E-state index in [9.17, 15) is 5.21 Å². The van der Waals surface area contributed by atoms with Crippen LogP contribution < -0.4 is 0 Å². The third-order valence-corrected chi connectivity index (χ3v) is 4.53. The van der Waals surface area contributed by atoms with Crippen molar-refractivity contribution < 1.29 is 5.21 Å². The number of halogens is 2. The van der Waals surface area contributed by atoms with Crippen LogP contribution in [0.2, 0.25) is 10.0 Å². The first-order valence-electron chi connectivity index (χ1n) is 7.67.